The Morgan fingerprint density at radius 3 is 2.79 bits per heavy atom. The number of hydrogen-bond acceptors (Lipinski definition) is 2. The molecule has 0 spiro atoms. The first-order valence-electron chi connectivity index (χ1n) is 5.50. The van der Waals surface area contributed by atoms with Crippen LogP contribution in [0.4, 0.5) is 0 Å². The van der Waals surface area contributed by atoms with Crippen LogP contribution in [0.15, 0.2) is 12.7 Å². The Bertz CT molecular complexity index is 189. The van der Waals surface area contributed by atoms with Crippen molar-refractivity contribution in [1.82, 2.24) is 5.32 Å². The summed E-state index contributed by atoms with van der Waals surface area (Å²) in [5.74, 6) is 0. The van der Waals surface area contributed by atoms with Crippen LogP contribution >= 0.6 is 0 Å². The van der Waals surface area contributed by atoms with Gasteiger partial charge in [-0.25, -0.2) is 0 Å². The summed E-state index contributed by atoms with van der Waals surface area (Å²) in [6, 6.07) is 0.622. The van der Waals surface area contributed by atoms with Gasteiger partial charge in [0.05, 0.1) is 6.10 Å². The van der Waals surface area contributed by atoms with Crippen molar-refractivity contribution in [2.24, 2.45) is 5.41 Å². The molecule has 0 aromatic rings. The highest BCUT2D eigenvalue weighted by Crippen LogP contribution is 2.42. The second-order valence-electron chi connectivity index (χ2n) is 4.72. The SMILES string of the molecule is C=CCCCNC1CC(OC)C1(C)C. The van der Waals surface area contributed by atoms with Gasteiger partial charge in [-0.15, -0.1) is 6.58 Å². The van der Waals surface area contributed by atoms with E-state index in [2.05, 4.69) is 25.7 Å². The molecule has 1 rings (SSSR count). The molecule has 0 aromatic heterocycles. The van der Waals surface area contributed by atoms with Crippen molar-refractivity contribution in [1.29, 1.82) is 0 Å². The van der Waals surface area contributed by atoms with Crippen LogP contribution in [0.25, 0.3) is 0 Å². The van der Waals surface area contributed by atoms with E-state index in [9.17, 15) is 0 Å². The summed E-state index contributed by atoms with van der Waals surface area (Å²) in [5, 5.41) is 3.58. The van der Waals surface area contributed by atoms with E-state index in [1.165, 1.54) is 6.42 Å². The third-order valence-electron chi connectivity index (χ3n) is 3.44. The predicted octanol–water partition coefficient (Wildman–Crippen LogP) is 2.36. The van der Waals surface area contributed by atoms with Gasteiger partial charge >= 0.3 is 0 Å². The molecule has 2 heteroatoms. The average molecular weight is 197 g/mol. The van der Waals surface area contributed by atoms with E-state index in [1.54, 1.807) is 7.11 Å². The molecule has 0 aliphatic heterocycles. The monoisotopic (exact) mass is 197 g/mol. The Morgan fingerprint density at radius 2 is 2.29 bits per heavy atom. The van der Waals surface area contributed by atoms with Crippen LogP contribution in [0.5, 0.6) is 0 Å². The van der Waals surface area contributed by atoms with Crippen LogP contribution in [0.3, 0.4) is 0 Å². The zero-order valence-corrected chi connectivity index (χ0v) is 9.68. The zero-order chi connectivity index (χ0) is 10.6. The molecule has 1 aliphatic carbocycles. The number of unbranched alkanes of at least 4 members (excludes halogenated alkanes) is 1. The van der Waals surface area contributed by atoms with E-state index in [0.29, 0.717) is 17.6 Å². The predicted molar refractivity (Wildman–Crippen MR) is 60.4 cm³/mol. The van der Waals surface area contributed by atoms with Crippen molar-refractivity contribution in [2.45, 2.75) is 45.3 Å². The number of methoxy groups -OCH3 is 1. The lowest BCUT2D eigenvalue weighted by molar-refractivity contribution is -0.0972. The molecular weight excluding hydrogens is 174 g/mol. The molecule has 1 aliphatic rings. The molecule has 0 radical (unpaired) electrons. The third kappa shape index (κ3) is 2.37. The average Bonchev–Trinajstić information content (AvgIpc) is 2.15. The third-order valence-corrected chi connectivity index (χ3v) is 3.44. The van der Waals surface area contributed by atoms with Gasteiger partial charge < -0.3 is 10.1 Å². The van der Waals surface area contributed by atoms with Gasteiger partial charge in [-0.2, -0.15) is 0 Å². The summed E-state index contributed by atoms with van der Waals surface area (Å²) < 4.78 is 5.40. The molecule has 0 heterocycles. The normalized spacial score (nSPS) is 29.6. The molecule has 2 unspecified atom stereocenters. The molecule has 2 nitrogen and oxygen atoms in total. The van der Waals surface area contributed by atoms with Crippen LogP contribution in [0.1, 0.15) is 33.1 Å². The van der Waals surface area contributed by atoms with E-state index in [1.807, 2.05) is 6.08 Å². The highest BCUT2D eigenvalue weighted by atomic mass is 16.5. The van der Waals surface area contributed by atoms with Crippen molar-refractivity contribution in [3.8, 4) is 0 Å². The highest BCUT2D eigenvalue weighted by molar-refractivity contribution is 5.02. The summed E-state index contributed by atoms with van der Waals surface area (Å²) in [5.41, 5.74) is 0.295. The fourth-order valence-electron chi connectivity index (χ4n) is 2.15. The van der Waals surface area contributed by atoms with E-state index in [-0.39, 0.29) is 0 Å². The fraction of sp³-hybridized carbons (Fsp3) is 0.833. The minimum atomic E-state index is 0.295. The van der Waals surface area contributed by atoms with Crippen LogP contribution in [0.2, 0.25) is 0 Å². The molecule has 1 N–H and O–H groups in total. The summed E-state index contributed by atoms with van der Waals surface area (Å²) in [4.78, 5) is 0. The van der Waals surface area contributed by atoms with Gasteiger partial charge in [-0.05, 0) is 25.8 Å². The van der Waals surface area contributed by atoms with Gasteiger partial charge in [-0.1, -0.05) is 19.9 Å². The zero-order valence-electron chi connectivity index (χ0n) is 9.68. The maximum atomic E-state index is 5.40. The molecular formula is C12H23NO. The summed E-state index contributed by atoms with van der Waals surface area (Å²) in [6.07, 6.45) is 5.85. The maximum absolute atomic E-state index is 5.40. The van der Waals surface area contributed by atoms with Crippen molar-refractivity contribution < 1.29 is 4.74 Å². The Hall–Kier alpha value is -0.340. The number of ether oxygens (including phenoxy) is 1. The van der Waals surface area contributed by atoms with E-state index in [4.69, 9.17) is 4.74 Å². The molecule has 2 atom stereocenters. The molecule has 0 saturated heterocycles. The van der Waals surface area contributed by atoms with Crippen LogP contribution in [-0.2, 0) is 4.74 Å². The Kier molecular flexibility index (Phi) is 4.14. The van der Waals surface area contributed by atoms with Crippen molar-refractivity contribution in [3.05, 3.63) is 12.7 Å². The van der Waals surface area contributed by atoms with E-state index in [0.717, 1.165) is 19.4 Å². The van der Waals surface area contributed by atoms with Gasteiger partial charge in [-0.3, -0.25) is 0 Å². The fourth-order valence-corrected chi connectivity index (χ4v) is 2.15. The Labute approximate surface area is 87.7 Å². The smallest absolute Gasteiger partial charge is 0.0652 e. The Balaban J connectivity index is 2.18. The Morgan fingerprint density at radius 1 is 1.57 bits per heavy atom. The molecule has 0 aromatic carbocycles. The van der Waals surface area contributed by atoms with Gasteiger partial charge in [0, 0.05) is 18.6 Å². The lowest BCUT2D eigenvalue weighted by atomic mass is 9.64. The van der Waals surface area contributed by atoms with Gasteiger partial charge in [0.25, 0.3) is 0 Å². The first kappa shape index (κ1) is 11.7. The standard InChI is InChI=1S/C12H23NO/c1-5-6-7-8-13-10-9-11(14-4)12(10,2)3/h5,10-11,13H,1,6-9H2,2-4H3. The van der Waals surface area contributed by atoms with Crippen molar-refractivity contribution >= 4 is 0 Å². The second kappa shape index (κ2) is 4.94. The quantitative estimate of drug-likeness (QED) is 0.521. The summed E-state index contributed by atoms with van der Waals surface area (Å²) in [7, 11) is 1.81. The van der Waals surface area contributed by atoms with Crippen molar-refractivity contribution in [3.63, 3.8) is 0 Å². The lowest BCUT2D eigenvalue weighted by Crippen LogP contribution is -2.60. The molecule has 1 saturated carbocycles. The highest BCUT2D eigenvalue weighted by Gasteiger charge is 2.47. The number of allylic oxidation sites excluding steroid dienone is 1. The van der Waals surface area contributed by atoms with Crippen molar-refractivity contribution in [2.75, 3.05) is 13.7 Å². The largest absolute Gasteiger partial charge is 0.381 e. The molecule has 0 bridgehead atoms. The first-order valence-corrected chi connectivity index (χ1v) is 5.50. The number of nitrogens with one attached hydrogen (secondary N) is 1. The summed E-state index contributed by atoms with van der Waals surface area (Å²) >= 11 is 0. The van der Waals surface area contributed by atoms with E-state index >= 15 is 0 Å². The minimum Gasteiger partial charge on any atom is -0.381 e. The lowest BCUT2D eigenvalue weighted by Gasteiger charge is -2.51. The number of rotatable bonds is 6. The van der Waals surface area contributed by atoms with E-state index < -0.39 is 0 Å². The van der Waals surface area contributed by atoms with Gasteiger partial charge in [0.15, 0.2) is 0 Å². The molecule has 0 amide bonds. The molecule has 14 heavy (non-hydrogen) atoms. The molecule has 82 valence electrons. The van der Waals surface area contributed by atoms with Crippen LogP contribution < -0.4 is 5.32 Å². The topological polar surface area (TPSA) is 21.3 Å². The number of hydrogen-bond donors (Lipinski definition) is 1. The summed E-state index contributed by atoms with van der Waals surface area (Å²) in [6.45, 7) is 9.36. The van der Waals surface area contributed by atoms with Gasteiger partial charge in [0.1, 0.15) is 0 Å². The minimum absolute atomic E-state index is 0.295. The van der Waals surface area contributed by atoms with Crippen LogP contribution in [-0.4, -0.2) is 25.8 Å². The molecule has 1 fully saturated rings. The van der Waals surface area contributed by atoms with Crippen LogP contribution in [0, 0.1) is 5.41 Å². The second-order valence-corrected chi connectivity index (χ2v) is 4.72. The first-order chi connectivity index (χ1) is 6.62. The maximum Gasteiger partial charge on any atom is 0.0652 e. The van der Waals surface area contributed by atoms with Gasteiger partial charge in [0.2, 0.25) is 0 Å².